The molecule has 0 saturated heterocycles. The molecule has 0 aromatic rings. The smallest absolute Gasteiger partial charge is 0.190 e. The Kier molecular flexibility index (Phi) is 12.6. The Morgan fingerprint density at radius 3 is 2.45 bits per heavy atom. The zero-order chi connectivity index (χ0) is 42.8. The van der Waals surface area contributed by atoms with Crippen LogP contribution in [0.15, 0.2) is 59.3 Å². The summed E-state index contributed by atoms with van der Waals surface area (Å²) in [5.41, 5.74) is -2.00. The average molecular weight is 809 g/mol. The Labute approximate surface area is 346 Å². The number of halogens is 1. The van der Waals surface area contributed by atoms with Gasteiger partial charge in [-0.05, 0) is 150 Å². The molecule has 0 radical (unpaired) electrons. The van der Waals surface area contributed by atoms with E-state index in [0.717, 1.165) is 29.9 Å². The van der Waals surface area contributed by atoms with Gasteiger partial charge in [-0.3, -0.25) is 9.59 Å². The molecular weight excluding hydrogens is 736 g/mol. The second-order valence-corrected chi connectivity index (χ2v) is 21.1. The van der Waals surface area contributed by atoms with Crippen molar-refractivity contribution < 1.29 is 44.6 Å². The number of hydrogen-bond acceptors (Lipinski definition) is 8. The van der Waals surface area contributed by atoms with Gasteiger partial charge in [-0.15, -0.1) is 0 Å². The molecule has 0 amide bonds. The molecule has 7 aliphatic carbocycles. The molecule has 7 aliphatic rings. The predicted octanol–water partition coefficient (Wildman–Crippen LogP) is 7.60. The molecule has 6 saturated carbocycles. The van der Waals surface area contributed by atoms with Gasteiger partial charge in [0, 0.05) is 23.2 Å². The highest BCUT2D eigenvalue weighted by molar-refractivity contribution is 6.01. The quantitative estimate of drug-likeness (QED) is 0.147. The van der Waals surface area contributed by atoms with Gasteiger partial charge in [0.25, 0.3) is 0 Å². The van der Waals surface area contributed by atoms with Crippen molar-refractivity contribution in [2.45, 2.75) is 174 Å². The summed E-state index contributed by atoms with van der Waals surface area (Å²) < 4.78 is 16.9. The van der Waals surface area contributed by atoms with E-state index in [0.29, 0.717) is 54.9 Å². The number of rotatable bonds is 8. The third kappa shape index (κ3) is 7.44. The number of carbonyl (C=O) groups is 2. The van der Waals surface area contributed by atoms with Gasteiger partial charge < -0.3 is 30.6 Å². The SMILES string of the molecule is C=C1/C(=C\C=C2/CCC[C@]3(C)[C@@H]([C@H](C)CCCC(C)(C)O)CC[C@@H]23)C[C@@H](O)C[C@@H]1O.C[C@@H]1C[C@H]2[C@@H]3CCC4=CC(=O)C=C[C@]4(C)[C@@]3(F)[C@@H](O)C[C@]2(C)[C@@]1(O)C(=O)CO. The van der Waals surface area contributed by atoms with Gasteiger partial charge >= 0.3 is 0 Å². The van der Waals surface area contributed by atoms with Gasteiger partial charge in [0.15, 0.2) is 17.2 Å². The lowest BCUT2D eigenvalue weighted by Gasteiger charge is -2.62. The number of alkyl halides is 1. The molecule has 0 aliphatic heterocycles. The zero-order valence-corrected chi connectivity index (χ0v) is 36.3. The first-order valence-corrected chi connectivity index (χ1v) is 22.3. The second kappa shape index (κ2) is 16.2. The summed E-state index contributed by atoms with van der Waals surface area (Å²) in [6, 6.07) is 0. The lowest BCUT2D eigenvalue weighted by Crippen LogP contribution is -2.69. The number of fused-ring (bicyclic) bond motifs is 6. The minimum atomic E-state index is -1.98. The van der Waals surface area contributed by atoms with Crippen LogP contribution in [0.5, 0.6) is 0 Å². The molecule has 0 heterocycles. The fraction of sp³-hybridized carbons (Fsp3) is 0.755. The largest absolute Gasteiger partial charge is 0.393 e. The monoisotopic (exact) mass is 809 g/mol. The first-order chi connectivity index (χ1) is 27.0. The second-order valence-electron chi connectivity index (χ2n) is 21.1. The summed E-state index contributed by atoms with van der Waals surface area (Å²) in [6.45, 7) is 17.3. The highest BCUT2D eigenvalue weighted by Gasteiger charge is 2.75. The van der Waals surface area contributed by atoms with Gasteiger partial charge in [-0.1, -0.05) is 76.5 Å². The van der Waals surface area contributed by atoms with Gasteiger partial charge in [0.1, 0.15) is 12.2 Å². The predicted molar refractivity (Wildman–Crippen MR) is 224 cm³/mol. The molecule has 8 nitrogen and oxygen atoms in total. The van der Waals surface area contributed by atoms with Crippen molar-refractivity contribution in [2.24, 2.45) is 51.8 Å². The summed E-state index contributed by atoms with van der Waals surface area (Å²) in [6.07, 6.45) is 18.3. The first-order valence-electron chi connectivity index (χ1n) is 22.3. The van der Waals surface area contributed by atoms with Crippen molar-refractivity contribution in [1.29, 1.82) is 0 Å². The van der Waals surface area contributed by atoms with Crippen LogP contribution in [0.3, 0.4) is 0 Å². The lowest BCUT2D eigenvalue weighted by molar-refractivity contribution is -0.219. The van der Waals surface area contributed by atoms with E-state index in [4.69, 9.17) is 0 Å². The van der Waals surface area contributed by atoms with Gasteiger partial charge in [-0.25, -0.2) is 4.39 Å². The highest BCUT2D eigenvalue weighted by atomic mass is 19.1. The minimum Gasteiger partial charge on any atom is -0.393 e. The van der Waals surface area contributed by atoms with Gasteiger partial charge in [0.05, 0.1) is 23.9 Å². The molecule has 0 spiro atoms. The number of allylic oxidation sites excluding steroid dienone is 7. The molecule has 58 heavy (non-hydrogen) atoms. The van der Waals surface area contributed by atoms with Crippen molar-refractivity contribution in [3.63, 3.8) is 0 Å². The van der Waals surface area contributed by atoms with Crippen LogP contribution in [0.4, 0.5) is 4.39 Å². The molecule has 0 aromatic heterocycles. The molecule has 9 heteroatoms. The zero-order valence-electron chi connectivity index (χ0n) is 36.3. The van der Waals surface area contributed by atoms with Crippen molar-refractivity contribution in [3.8, 4) is 0 Å². The fourth-order valence-electron chi connectivity index (χ4n) is 14.0. The van der Waals surface area contributed by atoms with E-state index in [-0.39, 0.29) is 18.1 Å². The lowest BCUT2D eigenvalue weighted by atomic mass is 9.44. The third-order valence-electron chi connectivity index (χ3n) is 17.2. The van der Waals surface area contributed by atoms with Crippen LogP contribution in [0.2, 0.25) is 0 Å². The van der Waals surface area contributed by atoms with E-state index in [1.807, 2.05) is 13.8 Å². The summed E-state index contributed by atoms with van der Waals surface area (Å²) in [5, 5.41) is 62.2. The minimum absolute atomic E-state index is 0.0676. The Balaban J connectivity index is 0.000000196. The van der Waals surface area contributed by atoms with E-state index in [9.17, 15) is 40.2 Å². The standard InChI is InChI=1S/C27H44O3.C22H29FO5/c1-18(8-6-14-26(3,4)30)23-12-13-24-20(9-7-15-27(23,24)5)10-11-21-16-22(28)17-25(29)19(21)2;1-12-8-16-15-5-4-13-9-14(25)6-7-19(13,2)21(15,23)17(26)10-20(16,3)22(12,28)18(27)11-24/h10-11,18,22-25,28-30H,2,6-9,12-17H2,1,3-5H3;6-7,9,12,15-17,24,26,28H,4-5,8,10-11H2,1-3H3/b20-10+,21-11-;/t18-,22-,23-,24+,25+,27-;12-,15+,16+,17+,19+,20+,21+,22+/m11/s1. The summed E-state index contributed by atoms with van der Waals surface area (Å²) in [5.74, 6) is -0.0136. The van der Waals surface area contributed by atoms with Crippen molar-refractivity contribution >= 4 is 11.6 Å². The van der Waals surface area contributed by atoms with Crippen LogP contribution in [0.1, 0.15) is 138 Å². The number of ketones is 2. The Morgan fingerprint density at radius 1 is 1.07 bits per heavy atom. The maximum Gasteiger partial charge on any atom is 0.190 e. The van der Waals surface area contributed by atoms with Crippen LogP contribution >= 0.6 is 0 Å². The molecule has 7 rings (SSSR count). The van der Waals surface area contributed by atoms with Crippen LogP contribution in [-0.2, 0) is 9.59 Å². The molecular formula is C49H73FO8. The maximum atomic E-state index is 16.9. The third-order valence-corrected chi connectivity index (χ3v) is 17.2. The van der Waals surface area contributed by atoms with Gasteiger partial charge in [0.2, 0.25) is 0 Å². The van der Waals surface area contributed by atoms with E-state index in [1.165, 1.54) is 50.7 Å². The average Bonchev–Trinajstić information content (AvgIpc) is 3.60. The van der Waals surface area contributed by atoms with Crippen LogP contribution in [0, 0.1) is 51.8 Å². The number of aliphatic hydroxyl groups excluding tert-OH is 4. The topological polar surface area (TPSA) is 156 Å². The van der Waals surface area contributed by atoms with Crippen molar-refractivity contribution in [3.05, 3.63) is 59.3 Å². The highest BCUT2D eigenvalue weighted by Crippen LogP contribution is 2.70. The van der Waals surface area contributed by atoms with E-state index in [2.05, 4.69) is 32.6 Å². The Bertz CT molecular complexity index is 1740. The Morgan fingerprint density at radius 2 is 1.78 bits per heavy atom. The fourth-order valence-corrected chi connectivity index (χ4v) is 14.0. The molecule has 0 unspecified atom stereocenters. The van der Waals surface area contributed by atoms with Crippen molar-refractivity contribution in [1.82, 2.24) is 0 Å². The molecule has 6 N–H and O–H groups in total. The van der Waals surface area contributed by atoms with E-state index in [1.54, 1.807) is 32.4 Å². The molecule has 0 bridgehead atoms. The Hall–Kier alpha value is -2.27. The van der Waals surface area contributed by atoms with Gasteiger partial charge in [-0.2, -0.15) is 0 Å². The molecule has 14 atom stereocenters. The normalized spacial score (nSPS) is 45.4. The van der Waals surface area contributed by atoms with Crippen LogP contribution < -0.4 is 0 Å². The molecule has 6 fully saturated rings. The number of hydrogen-bond donors (Lipinski definition) is 6. The first kappa shape index (κ1) is 45.3. The summed E-state index contributed by atoms with van der Waals surface area (Å²) in [7, 11) is 0. The molecule has 0 aromatic carbocycles. The molecule has 324 valence electrons. The van der Waals surface area contributed by atoms with Crippen LogP contribution in [-0.4, -0.2) is 84.0 Å². The number of carbonyl (C=O) groups excluding carboxylic acids is 2. The van der Waals surface area contributed by atoms with Crippen LogP contribution in [0.25, 0.3) is 0 Å². The summed E-state index contributed by atoms with van der Waals surface area (Å²) in [4.78, 5) is 24.4. The number of aliphatic hydroxyl groups is 6. The maximum absolute atomic E-state index is 16.9. The summed E-state index contributed by atoms with van der Waals surface area (Å²) >= 11 is 0. The number of Topliss-reactive ketones (excluding diaryl/α,β-unsaturated/α-hetero) is 1. The van der Waals surface area contributed by atoms with E-state index >= 15 is 4.39 Å². The van der Waals surface area contributed by atoms with E-state index < -0.39 is 70.2 Å². The van der Waals surface area contributed by atoms with Crippen molar-refractivity contribution in [2.75, 3.05) is 6.61 Å².